The van der Waals surface area contributed by atoms with Crippen LogP contribution in [0.15, 0.2) is 24.3 Å². The minimum Gasteiger partial charge on any atom is -0.312 e. The molecule has 20 heavy (non-hydrogen) atoms. The summed E-state index contributed by atoms with van der Waals surface area (Å²) >= 11 is 0. The molecule has 0 radical (unpaired) electrons. The Hall–Kier alpha value is -1.61. The van der Waals surface area contributed by atoms with E-state index >= 15 is 0 Å². The highest BCUT2D eigenvalue weighted by molar-refractivity contribution is 5.68. The summed E-state index contributed by atoms with van der Waals surface area (Å²) in [5.74, 6) is 0. The van der Waals surface area contributed by atoms with E-state index in [1.807, 2.05) is 0 Å². The Bertz CT molecular complexity index is 589. The second-order valence-corrected chi connectivity index (χ2v) is 5.89. The Morgan fingerprint density at radius 3 is 2.60 bits per heavy atom. The molecule has 1 aliphatic heterocycles. The molecule has 0 aliphatic carbocycles. The third kappa shape index (κ3) is 2.50. The van der Waals surface area contributed by atoms with Crippen molar-refractivity contribution in [2.45, 2.75) is 46.2 Å². The molecule has 1 aromatic heterocycles. The molecular formula is C17H23N3. The first-order valence-corrected chi connectivity index (χ1v) is 7.49. The molecule has 0 amide bonds. The molecule has 0 spiro atoms. The molecule has 2 heterocycles. The number of benzene rings is 1. The Balaban J connectivity index is 1.91. The quantitative estimate of drug-likeness (QED) is 0.927. The van der Waals surface area contributed by atoms with Gasteiger partial charge in [-0.05, 0) is 45.7 Å². The zero-order valence-corrected chi connectivity index (χ0v) is 12.6. The standard InChI is InChI=1S/C17H23N3/c1-12-6-8-15(9-7-12)17-13(2)19-20(14(17)3)11-16-5-4-10-18-16/h6-9,16,18H,4-5,10-11H2,1-3H3. The lowest BCUT2D eigenvalue weighted by Gasteiger charge is -2.12. The van der Waals surface area contributed by atoms with Crippen LogP contribution in [0, 0.1) is 20.8 Å². The fourth-order valence-electron chi connectivity index (χ4n) is 3.13. The Kier molecular flexibility index (Phi) is 3.62. The van der Waals surface area contributed by atoms with E-state index in [1.54, 1.807) is 0 Å². The molecule has 2 aromatic rings. The first kappa shape index (κ1) is 13.4. The van der Waals surface area contributed by atoms with Crippen LogP contribution in [0.3, 0.4) is 0 Å². The van der Waals surface area contributed by atoms with Gasteiger partial charge in [-0.2, -0.15) is 5.10 Å². The molecular weight excluding hydrogens is 246 g/mol. The van der Waals surface area contributed by atoms with Gasteiger partial charge >= 0.3 is 0 Å². The van der Waals surface area contributed by atoms with Crippen molar-refractivity contribution in [3.63, 3.8) is 0 Å². The topological polar surface area (TPSA) is 29.9 Å². The van der Waals surface area contributed by atoms with Crippen LogP contribution < -0.4 is 5.32 Å². The molecule has 1 fully saturated rings. The lowest BCUT2D eigenvalue weighted by atomic mass is 10.0. The lowest BCUT2D eigenvalue weighted by Crippen LogP contribution is -2.27. The molecule has 3 rings (SSSR count). The van der Waals surface area contributed by atoms with E-state index < -0.39 is 0 Å². The summed E-state index contributed by atoms with van der Waals surface area (Å²) in [6, 6.07) is 9.32. The molecule has 1 saturated heterocycles. The van der Waals surface area contributed by atoms with Gasteiger partial charge in [0.05, 0.1) is 12.2 Å². The number of aryl methyl sites for hydroxylation is 2. The van der Waals surface area contributed by atoms with Crippen molar-refractivity contribution >= 4 is 0 Å². The van der Waals surface area contributed by atoms with E-state index in [2.05, 4.69) is 55.0 Å². The smallest absolute Gasteiger partial charge is 0.0674 e. The number of aromatic nitrogens is 2. The summed E-state index contributed by atoms with van der Waals surface area (Å²) in [6.07, 6.45) is 2.55. The van der Waals surface area contributed by atoms with Gasteiger partial charge in [-0.3, -0.25) is 4.68 Å². The van der Waals surface area contributed by atoms with Crippen LogP contribution in [-0.4, -0.2) is 22.4 Å². The second-order valence-electron chi connectivity index (χ2n) is 5.89. The van der Waals surface area contributed by atoms with Gasteiger partial charge in [0.15, 0.2) is 0 Å². The van der Waals surface area contributed by atoms with Crippen molar-refractivity contribution in [2.24, 2.45) is 0 Å². The maximum Gasteiger partial charge on any atom is 0.0674 e. The van der Waals surface area contributed by atoms with Crippen LogP contribution in [0.4, 0.5) is 0 Å². The fourth-order valence-corrected chi connectivity index (χ4v) is 3.13. The molecule has 1 unspecified atom stereocenters. The minimum absolute atomic E-state index is 0.582. The van der Waals surface area contributed by atoms with Gasteiger partial charge < -0.3 is 5.32 Å². The first-order valence-electron chi connectivity index (χ1n) is 7.49. The van der Waals surface area contributed by atoms with Crippen LogP contribution >= 0.6 is 0 Å². The summed E-state index contributed by atoms with van der Waals surface area (Å²) in [5, 5.41) is 8.30. The van der Waals surface area contributed by atoms with E-state index in [4.69, 9.17) is 5.10 Å². The van der Waals surface area contributed by atoms with Gasteiger partial charge in [-0.15, -0.1) is 0 Å². The molecule has 3 nitrogen and oxygen atoms in total. The van der Waals surface area contributed by atoms with E-state index in [0.717, 1.165) is 18.8 Å². The zero-order chi connectivity index (χ0) is 14.1. The summed E-state index contributed by atoms with van der Waals surface area (Å²) in [5.41, 5.74) is 6.27. The van der Waals surface area contributed by atoms with E-state index in [-0.39, 0.29) is 0 Å². The van der Waals surface area contributed by atoms with Crippen LogP contribution in [0.25, 0.3) is 11.1 Å². The Morgan fingerprint density at radius 2 is 1.95 bits per heavy atom. The van der Waals surface area contributed by atoms with E-state index in [0.29, 0.717) is 6.04 Å². The third-order valence-electron chi connectivity index (χ3n) is 4.28. The summed E-state index contributed by atoms with van der Waals surface area (Å²) < 4.78 is 2.17. The van der Waals surface area contributed by atoms with Crippen molar-refractivity contribution in [2.75, 3.05) is 6.54 Å². The summed E-state index contributed by atoms with van der Waals surface area (Å²) in [7, 11) is 0. The summed E-state index contributed by atoms with van der Waals surface area (Å²) in [6.45, 7) is 8.55. The average Bonchev–Trinajstić information content (AvgIpc) is 3.02. The van der Waals surface area contributed by atoms with Crippen molar-refractivity contribution in [1.82, 2.24) is 15.1 Å². The highest BCUT2D eigenvalue weighted by Gasteiger charge is 2.18. The second kappa shape index (κ2) is 5.41. The Morgan fingerprint density at radius 1 is 1.20 bits per heavy atom. The van der Waals surface area contributed by atoms with Gasteiger partial charge in [-0.25, -0.2) is 0 Å². The Labute approximate surface area is 121 Å². The van der Waals surface area contributed by atoms with Crippen molar-refractivity contribution in [3.8, 4) is 11.1 Å². The first-order chi connectivity index (χ1) is 9.65. The molecule has 1 atom stereocenters. The molecule has 1 aliphatic rings. The maximum atomic E-state index is 4.75. The number of hydrogen-bond donors (Lipinski definition) is 1. The average molecular weight is 269 g/mol. The van der Waals surface area contributed by atoms with Gasteiger partial charge in [0.25, 0.3) is 0 Å². The van der Waals surface area contributed by atoms with Gasteiger partial charge in [0.1, 0.15) is 0 Å². The van der Waals surface area contributed by atoms with Crippen molar-refractivity contribution in [1.29, 1.82) is 0 Å². The number of nitrogens with zero attached hydrogens (tertiary/aromatic N) is 2. The third-order valence-corrected chi connectivity index (χ3v) is 4.28. The van der Waals surface area contributed by atoms with E-state index in [1.165, 1.54) is 35.2 Å². The number of hydrogen-bond acceptors (Lipinski definition) is 2. The monoisotopic (exact) mass is 269 g/mol. The van der Waals surface area contributed by atoms with Crippen LogP contribution in [0.1, 0.15) is 29.8 Å². The number of nitrogens with one attached hydrogen (secondary N) is 1. The van der Waals surface area contributed by atoms with Gasteiger partial charge in [0, 0.05) is 17.3 Å². The van der Waals surface area contributed by atoms with Gasteiger partial charge in [-0.1, -0.05) is 29.8 Å². The van der Waals surface area contributed by atoms with Crippen molar-refractivity contribution in [3.05, 3.63) is 41.2 Å². The van der Waals surface area contributed by atoms with E-state index in [9.17, 15) is 0 Å². The zero-order valence-electron chi connectivity index (χ0n) is 12.6. The summed E-state index contributed by atoms with van der Waals surface area (Å²) in [4.78, 5) is 0. The van der Waals surface area contributed by atoms with Crippen LogP contribution in [0.2, 0.25) is 0 Å². The highest BCUT2D eigenvalue weighted by Crippen LogP contribution is 2.27. The molecule has 0 saturated carbocycles. The van der Waals surface area contributed by atoms with Crippen molar-refractivity contribution < 1.29 is 0 Å². The normalized spacial score (nSPS) is 18.6. The highest BCUT2D eigenvalue weighted by atomic mass is 15.3. The number of rotatable bonds is 3. The van der Waals surface area contributed by atoms with Crippen LogP contribution in [-0.2, 0) is 6.54 Å². The predicted molar refractivity (Wildman–Crippen MR) is 82.9 cm³/mol. The predicted octanol–water partition coefficient (Wildman–Crippen LogP) is 3.23. The largest absolute Gasteiger partial charge is 0.312 e. The molecule has 3 heteroatoms. The van der Waals surface area contributed by atoms with Gasteiger partial charge in [0.2, 0.25) is 0 Å². The molecule has 1 aromatic carbocycles. The minimum atomic E-state index is 0.582. The maximum absolute atomic E-state index is 4.75. The molecule has 106 valence electrons. The SMILES string of the molecule is Cc1ccc(-c2c(C)nn(CC3CCCN3)c2C)cc1. The molecule has 1 N–H and O–H groups in total. The lowest BCUT2D eigenvalue weighted by molar-refractivity contribution is 0.467. The van der Waals surface area contributed by atoms with Crippen LogP contribution in [0.5, 0.6) is 0 Å². The fraction of sp³-hybridized carbons (Fsp3) is 0.471. The molecule has 0 bridgehead atoms.